The smallest absolute Gasteiger partial charge is 0.326 e. The molecule has 0 fully saturated rings. The van der Waals surface area contributed by atoms with Crippen LogP contribution >= 0.6 is 0 Å². The second-order valence-electron chi connectivity index (χ2n) is 9.49. The molecule has 0 aromatic heterocycles. The lowest BCUT2D eigenvalue weighted by Crippen LogP contribution is -2.51. The van der Waals surface area contributed by atoms with Gasteiger partial charge in [-0.3, -0.25) is 19.2 Å². The van der Waals surface area contributed by atoms with Crippen molar-refractivity contribution in [3.8, 4) is 11.5 Å². The van der Waals surface area contributed by atoms with E-state index in [0.717, 1.165) is 19.3 Å². The van der Waals surface area contributed by atoms with Crippen molar-refractivity contribution in [1.29, 1.82) is 0 Å². The van der Waals surface area contributed by atoms with E-state index in [2.05, 4.69) is 0 Å². The zero-order chi connectivity index (χ0) is 28.0. The van der Waals surface area contributed by atoms with Gasteiger partial charge in [0.2, 0.25) is 0 Å². The van der Waals surface area contributed by atoms with Crippen molar-refractivity contribution in [2.24, 2.45) is 17.6 Å². The topological polar surface area (TPSA) is 131 Å². The molecule has 0 aliphatic carbocycles. The summed E-state index contributed by atoms with van der Waals surface area (Å²) < 4.78 is 21.3. The molecular formula is C28H43NO8. The normalized spacial score (nSPS) is 14.1. The van der Waals surface area contributed by atoms with E-state index in [1.807, 2.05) is 20.8 Å². The molecule has 3 atom stereocenters. The zero-order valence-corrected chi connectivity index (χ0v) is 23.1. The highest BCUT2D eigenvalue weighted by molar-refractivity contribution is 5.81. The molecular weight excluding hydrogens is 478 g/mol. The molecule has 37 heavy (non-hydrogen) atoms. The third kappa shape index (κ3) is 10.5. The number of ether oxygens (including phenoxy) is 4. The largest absolute Gasteiger partial charge is 0.468 e. The van der Waals surface area contributed by atoms with Crippen LogP contribution in [0.2, 0.25) is 0 Å². The van der Waals surface area contributed by atoms with Crippen LogP contribution in [0.5, 0.6) is 11.5 Å². The molecule has 1 aromatic rings. The van der Waals surface area contributed by atoms with Crippen LogP contribution in [-0.4, -0.2) is 43.1 Å². The van der Waals surface area contributed by atoms with Crippen LogP contribution in [0, 0.1) is 11.8 Å². The van der Waals surface area contributed by atoms with Crippen LogP contribution in [0.25, 0.3) is 0 Å². The van der Waals surface area contributed by atoms with Crippen molar-refractivity contribution in [3.05, 3.63) is 23.8 Å². The maximum absolute atomic E-state index is 12.6. The van der Waals surface area contributed by atoms with Gasteiger partial charge in [0.25, 0.3) is 0 Å². The van der Waals surface area contributed by atoms with Crippen molar-refractivity contribution in [1.82, 2.24) is 0 Å². The summed E-state index contributed by atoms with van der Waals surface area (Å²) in [4.78, 5) is 49.4. The summed E-state index contributed by atoms with van der Waals surface area (Å²) in [5.74, 6) is -2.45. The van der Waals surface area contributed by atoms with Gasteiger partial charge in [-0.15, -0.1) is 0 Å². The molecule has 0 saturated heterocycles. The molecule has 0 heterocycles. The van der Waals surface area contributed by atoms with Gasteiger partial charge < -0.3 is 24.7 Å². The van der Waals surface area contributed by atoms with Crippen molar-refractivity contribution in [3.63, 3.8) is 0 Å². The molecule has 2 unspecified atom stereocenters. The lowest BCUT2D eigenvalue weighted by atomic mass is 9.88. The van der Waals surface area contributed by atoms with Gasteiger partial charge in [-0.1, -0.05) is 53.5 Å². The van der Waals surface area contributed by atoms with Crippen molar-refractivity contribution in [2.75, 3.05) is 13.7 Å². The standard InChI is InChI=1S/C28H43NO8/c1-7-10-11-12-24(30)35-16-15-28(29,27(33)34-6)18-21-13-14-22(36-25(31)19(4)8-2)23(17-21)37-26(32)20(5)9-3/h13-14,17,19-20H,7-12,15-16,18,29H2,1-6H3/t19?,20?,28-/m1/s1. The van der Waals surface area contributed by atoms with Crippen molar-refractivity contribution >= 4 is 23.9 Å². The number of esters is 4. The number of hydrogen-bond acceptors (Lipinski definition) is 9. The molecule has 2 N–H and O–H groups in total. The van der Waals surface area contributed by atoms with Crippen LogP contribution in [0.15, 0.2) is 18.2 Å². The summed E-state index contributed by atoms with van der Waals surface area (Å²) in [5.41, 5.74) is 5.49. The van der Waals surface area contributed by atoms with Gasteiger partial charge >= 0.3 is 23.9 Å². The number of hydrogen-bond donors (Lipinski definition) is 1. The van der Waals surface area contributed by atoms with Crippen LogP contribution in [-0.2, 0) is 35.1 Å². The minimum atomic E-state index is -1.49. The van der Waals surface area contributed by atoms with E-state index in [-0.39, 0.29) is 48.8 Å². The quantitative estimate of drug-likeness (QED) is 0.189. The molecule has 0 aliphatic rings. The first-order valence-electron chi connectivity index (χ1n) is 13.1. The zero-order valence-electron chi connectivity index (χ0n) is 23.1. The van der Waals surface area contributed by atoms with E-state index >= 15 is 0 Å². The lowest BCUT2D eigenvalue weighted by Gasteiger charge is -2.27. The number of rotatable bonds is 16. The maximum atomic E-state index is 12.6. The summed E-state index contributed by atoms with van der Waals surface area (Å²) in [5, 5.41) is 0. The average molecular weight is 522 g/mol. The van der Waals surface area contributed by atoms with Crippen LogP contribution < -0.4 is 15.2 Å². The fourth-order valence-corrected chi connectivity index (χ4v) is 3.35. The third-order valence-electron chi connectivity index (χ3n) is 6.37. The Morgan fingerprint density at radius 1 is 0.919 bits per heavy atom. The van der Waals surface area contributed by atoms with Gasteiger partial charge in [-0.2, -0.15) is 0 Å². The second kappa shape index (κ2) is 16.0. The molecule has 208 valence electrons. The molecule has 0 spiro atoms. The summed E-state index contributed by atoms with van der Waals surface area (Å²) >= 11 is 0. The molecule has 0 aliphatic heterocycles. The summed E-state index contributed by atoms with van der Waals surface area (Å²) in [7, 11) is 1.23. The van der Waals surface area contributed by atoms with Gasteiger partial charge in [0.05, 0.1) is 25.6 Å². The second-order valence-corrected chi connectivity index (χ2v) is 9.49. The number of methoxy groups -OCH3 is 1. The maximum Gasteiger partial charge on any atom is 0.326 e. The van der Waals surface area contributed by atoms with E-state index in [1.54, 1.807) is 19.9 Å². The Morgan fingerprint density at radius 2 is 1.51 bits per heavy atom. The number of nitrogens with two attached hydrogens (primary N) is 1. The first-order valence-corrected chi connectivity index (χ1v) is 13.1. The lowest BCUT2D eigenvalue weighted by molar-refractivity contribution is -0.151. The van der Waals surface area contributed by atoms with E-state index in [9.17, 15) is 19.2 Å². The molecule has 9 nitrogen and oxygen atoms in total. The van der Waals surface area contributed by atoms with Crippen LogP contribution in [0.3, 0.4) is 0 Å². The van der Waals surface area contributed by atoms with Gasteiger partial charge in [-0.05, 0) is 37.0 Å². The van der Waals surface area contributed by atoms with E-state index in [4.69, 9.17) is 24.7 Å². The highest BCUT2D eigenvalue weighted by atomic mass is 16.6. The fourth-order valence-electron chi connectivity index (χ4n) is 3.35. The Labute approximate surface area is 220 Å². The van der Waals surface area contributed by atoms with Gasteiger partial charge in [-0.25, -0.2) is 0 Å². The number of benzene rings is 1. The summed E-state index contributed by atoms with van der Waals surface area (Å²) in [6.45, 7) is 9.22. The Balaban J connectivity index is 3.14. The first kappa shape index (κ1) is 32.1. The predicted octanol–water partition coefficient (Wildman–Crippen LogP) is 4.52. The first-order chi connectivity index (χ1) is 17.5. The minimum Gasteiger partial charge on any atom is -0.468 e. The van der Waals surface area contributed by atoms with E-state index in [0.29, 0.717) is 24.8 Å². The Kier molecular flexibility index (Phi) is 13.9. The minimum absolute atomic E-state index is 0.0144. The van der Waals surface area contributed by atoms with E-state index in [1.165, 1.54) is 19.2 Å². The molecule has 0 bridgehead atoms. The van der Waals surface area contributed by atoms with Crippen LogP contribution in [0.4, 0.5) is 0 Å². The van der Waals surface area contributed by atoms with Crippen LogP contribution in [0.1, 0.15) is 85.1 Å². The predicted molar refractivity (Wildman–Crippen MR) is 139 cm³/mol. The third-order valence-corrected chi connectivity index (χ3v) is 6.37. The van der Waals surface area contributed by atoms with Crippen molar-refractivity contribution in [2.45, 2.75) is 91.5 Å². The van der Waals surface area contributed by atoms with E-state index < -0.39 is 23.4 Å². The highest BCUT2D eigenvalue weighted by Gasteiger charge is 2.36. The molecule has 0 amide bonds. The van der Waals surface area contributed by atoms with Gasteiger partial charge in [0.1, 0.15) is 5.54 Å². The number of carbonyl (C=O) groups excluding carboxylic acids is 4. The molecule has 9 heteroatoms. The van der Waals surface area contributed by atoms with Gasteiger partial charge in [0, 0.05) is 19.3 Å². The Morgan fingerprint density at radius 3 is 2.05 bits per heavy atom. The monoisotopic (exact) mass is 521 g/mol. The molecule has 0 radical (unpaired) electrons. The number of carbonyl (C=O) groups is 4. The molecule has 1 aromatic carbocycles. The highest BCUT2D eigenvalue weighted by Crippen LogP contribution is 2.32. The SMILES string of the molecule is CCCCCC(=O)OCC[C@@](N)(Cc1ccc(OC(=O)C(C)CC)c(OC(=O)C(C)CC)c1)C(=O)OC. The fraction of sp³-hybridized carbons (Fsp3) is 0.643. The average Bonchev–Trinajstić information content (AvgIpc) is 2.88. The molecule has 0 saturated carbocycles. The van der Waals surface area contributed by atoms with Crippen molar-refractivity contribution < 1.29 is 38.1 Å². The number of unbranched alkanes of at least 4 members (excludes halogenated alkanes) is 2. The summed E-state index contributed by atoms with van der Waals surface area (Å²) in [6.07, 6.45) is 4.20. The Hall–Kier alpha value is -2.94. The van der Waals surface area contributed by atoms with Gasteiger partial charge in [0.15, 0.2) is 11.5 Å². The molecule has 1 rings (SSSR count). The Bertz CT molecular complexity index is 915. The summed E-state index contributed by atoms with van der Waals surface area (Å²) in [6, 6.07) is 4.68.